The Balaban J connectivity index is 1.94. The molecule has 0 fully saturated rings. The summed E-state index contributed by atoms with van der Waals surface area (Å²) in [7, 11) is -0.117. The van der Waals surface area contributed by atoms with Crippen molar-refractivity contribution in [2.75, 3.05) is 50.1 Å². The van der Waals surface area contributed by atoms with Gasteiger partial charge in [0.15, 0.2) is 5.69 Å². The molecule has 0 aliphatic heterocycles. The number of likely N-dealkylation sites (N-methyl/N-ethyl adjacent to an activating group) is 1. The molecule has 0 amide bonds. The number of benzene rings is 1. The molecule has 160 valence electrons. The first-order valence-corrected chi connectivity index (χ1v) is 10.8. The van der Waals surface area contributed by atoms with Crippen LogP contribution in [0.25, 0.3) is 0 Å². The number of rotatable bonds is 10. The van der Waals surface area contributed by atoms with Gasteiger partial charge in [0.2, 0.25) is 21.7 Å². The molecule has 0 radical (unpaired) electrons. The molecule has 0 saturated heterocycles. The highest BCUT2D eigenvalue weighted by atomic mass is 79.9. The lowest BCUT2D eigenvalue weighted by molar-refractivity contribution is 0.304. The molecule has 0 atom stereocenters. The number of nitrogens with zero attached hydrogens (tertiary/aromatic N) is 4. The van der Waals surface area contributed by atoms with Gasteiger partial charge in [-0.05, 0) is 58.5 Å². The van der Waals surface area contributed by atoms with E-state index in [1.54, 1.807) is 7.05 Å². The van der Waals surface area contributed by atoms with Crippen LogP contribution < -0.4 is 15.4 Å². The van der Waals surface area contributed by atoms with Gasteiger partial charge >= 0.3 is 0 Å². The highest BCUT2D eigenvalue weighted by molar-refractivity contribution is 9.10. The van der Waals surface area contributed by atoms with Crippen LogP contribution >= 0.6 is 15.9 Å². The highest BCUT2D eigenvalue weighted by Crippen LogP contribution is 2.21. The van der Waals surface area contributed by atoms with Crippen molar-refractivity contribution in [1.29, 1.82) is 0 Å². The first kappa shape index (κ1) is 23.0. The number of nitrogens with one attached hydrogen (secondary N) is 3. The Morgan fingerprint density at radius 3 is 2.79 bits per heavy atom. The molecule has 29 heavy (non-hydrogen) atoms. The van der Waals surface area contributed by atoms with Gasteiger partial charge in [-0.3, -0.25) is 0 Å². The molecular formula is C15H21BrFN7O4S. The maximum Gasteiger partial charge on any atom is 0.212 e. The van der Waals surface area contributed by atoms with Crippen molar-refractivity contribution in [2.45, 2.75) is 0 Å². The van der Waals surface area contributed by atoms with Gasteiger partial charge in [-0.1, -0.05) is 5.16 Å². The molecule has 2 rings (SSSR count). The topological polar surface area (TPSA) is 145 Å². The third-order valence-corrected chi connectivity index (χ3v) is 5.78. The van der Waals surface area contributed by atoms with E-state index in [0.717, 1.165) is 0 Å². The summed E-state index contributed by atoms with van der Waals surface area (Å²) in [6, 6.07) is 4.17. The minimum Gasteiger partial charge on any atom is -0.409 e. The molecule has 0 unspecified atom stereocenters. The summed E-state index contributed by atoms with van der Waals surface area (Å²) in [5.41, 5.74) is 0.568. The van der Waals surface area contributed by atoms with Crippen molar-refractivity contribution in [2.24, 2.45) is 5.16 Å². The number of oxime groups is 1. The van der Waals surface area contributed by atoms with Gasteiger partial charge in [0.25, 0.3) is 0 Å². The van der Waals surface area contributed by atoms with Crippen molar-refractivity contribution in [1.82, 2.24) is 19.9 Å². The van der Waals surface area contributed by atoms with E-state index in [1.165, 1.54) is 25.2 Å². The maximum absolute atomic E-state index is 13.4. The van der Waals surface area contributed by atoms with E-state index < -0.39 is 15.8 Å². The van der Waals surface area contributed by atoms with E-state index in [-0.39, 0.29) is 27.6 Å². The van der Waals surface area contributed by atoms with E-state index in [1.807, 2.05) is 4.90 Å². The molecule has 0 aliphatic rings. The van der Waals surface area contributed by atoms with Gasteiger partial charge in [0, 0.05) is 25.3 Å². The SMILES string of the molecule is CNS(=O)(=O)CCN(C)CCNc1nonc1/C(=N/O)Nc1ccc(F)c(Br)c1. The van der Waals surface area contributed by atoms with Gasteiger partial charge in [-0.2, -0.15) is 0 Å². The number of hydrogen-bond donors (Lipinski definition) is 4. The number of aromatic nitrogens is 2. The minimum absolute atomic E-state index is 0.0186. The molecule has 11 nitrogen and oxygen atoms in total. The largest absolute Gasteiger partial charge is 0.409 e. The third-order valence-electron chi connectivity index (χ3n) is 3.83. The van der Waals surface area contributed by atoms with Crippen molar-refractivity contribution in [3.05, 3.63) is 34.2 Å². The lowest BCUT2D eigenvalue weighted by atomic mass is 10.3. The van der Waals surface area contributed by atoms with Crippen molar-refractivity contribution >= 4 is 43.3 Å². The highest BCUT2D eigenvalue weighted by Gasteiger charge is 2.18. The van der Waals surface area contributed by atoms with E-state index in [0.29, 0.717) is 25.3 Å². The molecule has 0 bridgehead atoms. The fourth-order valence-electron chi connectivity index (χ4n) is 2.16. The maximum atomic E-state index is 13.4. The fourth-order valence-corrected chi connectivity index (χ4v) is 3.29. The van der Waals surface area contributed by atoms with Gasteiger partial charge < -0.3 is 20.7 Å². The molecule has 2 aromatic rings. The van der Waals surface area contributed by atoms with Crippen molar-refractivity contribution in [3.8, 4) is 0 Å². The van der Waals surface area contributed by atoms with Crippen LogP contribution in [0.15, 0.2) is 32.5 Å². The number of amidine groups is 1. The van der Waals surface area contributed by atoms with Crippen LogP contribution in [0, 0.1) is 5.82 Å². The van der Waals surface area contributed by atoms with Crippen LogP contribution in [-0.2, 0) is 10.0 Å². The molecular weight excluding hydrogens is 473 g/mol. The standard InChI is InChI=1S/C15H21BrFN7O4S/c1-18-29(26,27)8-7-24(2)6-5-19-14-13(22-28-23-14)15(21-25)20-10-3-4-12(17)11(16)9-10/h3-4,9,18,25H,5-8H2,1-2H3,(H,19,23)(H,20,21). The van der Waals surface area contributed by atoms with Gasteiger partial charge in [-0.25, -0.2) is 22.2 Å². The minimum atomic E-state index is -3.27. The molecule has 1 aromatic heterocycles. The number of halogens is 2. The lowest BCUT2D eigenvalue weighted by Gasteiger charge is -2.16. The third kappa shape index (κ3) is 6.92. The molecule has 0 spiro atoms. The Labute approximate surface area is 175 Å². The zero-order chi connectivity index (χ0) is 21.4. The van der Waals surface area contributed by atoms with Gasteiger partial charge in [-0.15, -0.1) is 0 Å². The normalized spacial score (nSPS) is 12.4. The smallest absolute Gasteiger partial charge is 0.212 e. The Morgan fingerprint density at radius 1 is 1.38 bits per heavy atom. The Kier molecular flexibility index (Phi) is 8.31. The van der Waals surface area contributed by atoms with Crippen LogP contribution in [0.4, 0.5) is 15.9 Å². The van der Waals surface area contributed by atoms with E-state index in [2.05, 4.69) is 46.8 Å². The quantitative estimate of drug-likeness (QED) is 0.165. The van der Waals surface area contributed by atoms with Crippen LogP contribution in [0.2, 0.25) is 0 Å². The van der Waals surface area contributed by atoms with E-state index in [4.69, 9.17) is 4.63 Å². The summed E-state index contributed by atoms with van der Waals surface area (Å²) >= 11 is 3.08. The molecule has 0 aliphatic carbocycles. The monoisotopic (exact) mass is 493 g/mol. The first-order valence-electron chi connectivity index (χ1n) is 8.36. The molecule has 1 aromatic carbocycles. The zero-order valence-electron chi connectivity index (χ0n) is 15.7. The molecule has 1 heterocycles. The second-order valence-corrected chi connectivity index (χ2v) is 8.82. The van der Waals surface area contributed by atoms with Crippen LogP contribution in [0.1, 0.15) is 5.69 Å². The Morgan fingerprint density at radius 2 is 2.14 bits per heavy atom. The zero-order valence-corrected chi connectivity index (χ0v) is 18.1. The summed E-state index contributed by atoms with van der Waals surface area (Å²) in [4.78, 5) is 1.82. The predicted octanol–water partition coefficient (Wildman–Crippen LogP) is 1.11. The summed E-state index contributed by atoms with van der Waals surface area (Å²) in [5.74, 6) is -0.284. The number of anilines is 2. The van der Waals surface area contributed by atoms with Gasteiger partial charge in [0.05, 0.1) is 10.2 Å². The van der Waals surface area contributed by atoms with Crippen LogP contribution in [0.5, 0.6) is 0 Å². The molecule has 0 saturated carbocycles. The van der Waals surface area contributed by atoms with Crippen molar-refractivity contribution < 1.29 is 22.6 Å². The Hall–Kier alpha value is -2.29. The first-order chi connectivity index (χ1) is 13.8. The predicted molar refractivity (Wildman–Crippen MR) is 109 cm³/mol. The summed E-state index contributed by atoms with van der Waals surface area (Å²) in [6.45, 7) is 1.26. The number of hydrogen-bond acceptors (Lipinski definition) is 9. The van der Waals surface area contributed by atoms with Gasteiger partial charge in [0.1, 0.15) is 5.82 Å². The average Bonchev–Trinajstić information content (AvgIpc) is 3.15. The summed E-state index contributed by atoms with van der Waals surface area (Å²) < 4.78 is 43.5. The average molecular weight is 494 g/mol. The summed E-state index contributed by atoms with van der Waals surface area (Å²) in [6.07, 6.45) is 0. The van der Waals surface area contributed by atoms with Crippen LogP contribution in [-0.4, -0.2) is 74.2 Å². The second-order valence-electron chi connectivity index (χ2n) is 5.92. The summed E-state index contributed by atoms with van der Waals surface area (Å²) in [5, 5.41) is 25.7. The fraction of sp³-hybridized carbons (Fsp3) is 0.400. The Bertz CT molecular complexity index is 954. The number of sulfonamides is 1. The molecule has 14 heteroatoms. The van der Waals surface area contributed by atoms with E-state index in [9.17, 15) is 18.0 Å². The van der Waals surface area contributed by atoms with Crippen molar-refractivity contribution in [3.63, 3.8) is 0 Å². The molecule has 4 N–H and O–H groups in total. The second kappa shape index (κ2) is 10.5. The van der Waals surface area contributed by atoms with Crippen LogP contribution in [0.3, 0.4) is 0 Å². The van der Waals surface area contributed by atoms with E-state index >= 15 is 0 Å². The lowest BCUT2D eigenvalue weighted by Crippen LogP contribution is -2.33.